The van der Waals surface area contributed by atoms with E-state index in [-0.39, 0.29) is 23.5 Å². The van der Waals surface area contributed by atoms with Gasteiger partial charge in [0, 0.05) is 45.1 Å². The van der Waals surface area contributed by atoms with Crippen molar-refractivity contribution in [1.82, 2.24) is 9.71 Å². The molecule has 3 aromatic rings. The smallest absolute Gasteiger partial charge is 0.411 e. The molecule has 1 saturated carbocycles. The summed E-state index contributed by atoms with van der Waals surface area (Å²) in [5, 5.41) is 6.66. The maximum atomic E-state index is 12.3. The lowest BCUT2D eigenvalue weighted by Gasteiger charge is -2.21. The van der Waals surface area contributed by atoms with Gasteiger partial charge in [0.15, 0.2) is 0 Å². The summed E-state index contributed by atoms with van der Waals surface area (Å²) < 4.78 is 8.61. The number of hydrogen-bond donors (Lipinski definition) is 3. The molecule has 0 saturated heterocycles. The molecule has 9 heteroatoms. The second-order valence-electron chi connectivity index (χ2n) is 10.1. The van der Waals surface area contributed by atoms with Gasteiger partial charge in [-0.3, -0.25) is 14.8 Å². The Hall–Kier alpha value is -2.88. The first-order valence-electron chi connectivity index (χ1n) is 12.0. The van der Waals surface area contributed by atoms with Crippen LogP contribution in [-0.4, -0.2) is 28.6 Å². The van der Waals surface area contributed by atoms with E-state index in [2.05, 4.69) is 41.1 Å². The molecule has 2 amide bonds. The van der Waals surface area contributed by atoms with Gasteiger partial charge >= 0.3 is 6.09 Å². The van der Waals surface area contributed by atoms with Crippen molar-refractivity contribution in [3.8, 4) is 21.0 Å². The molecule has 1 heterocycles. The number of ether oxygens (including phenoxy) is 1. The Morgan fingerprint density at radius 3 is 2.39 bits per heavy atom. The molecular weight excluding hydrogens is 492 g/mol. The van der Waals surface area contributed by atoms with Crippen LogP contribution in [0.25, 0.3) is 21.0 Å². The van der Waals surface area contributed by atoms with Crippen LogP contribution in [0, 0.1) is 5.92 Å². The minimum absolute atomic E-state index is 0.0779. The molecule has 3 N–H and O–H groups in total. The molecule has 4 rings (SSSR count). The molecule has 0 aliphatic heterocycles. The highest BCUT2D eigenvalue weighted by Gasteiger charge is 2.29. The molecule has 0 atom stereocenters. The summed E-state index contributed by atoms with van der Waals surface area (Å²) in [4.78, 5) is 30.8. The number of carbonyl (C=O) groups excluding carboxylic acids is 2. The lowest BCUT2D eigenvalue weighted by atomic mass is 10.1. The molecule has 7 nitrogen and oxygen atoms in total. The number of amides is 2. The Morgan fingerprint density at radius 1 is 1.06 bits per heavy atom. The van der Waals surface area contributed by atoms with Crippen LogP contribution >= 0.6 is 23.3 Å². The monoisotopic (exact) mass is 524 g/mol. The first kappa shape index (κ1) is 26.2. The molecule has 36 heavy (non-hydrogen) atoms. The van der Waals surface area contributed by atoms with Crippen LogP contribution in [0.15, 0.2) is 53.6 Å². The van der Waals surface area contributed by atoms with Crippen LogP contribution in [0.5, 0.6) is 0 Å². The van der Waals surface area contributed by atoms with E-state index < -0.39 is 6.09 Å². The first-order valence-corrected chi connectivity index (χ1v) is 13.6. The Kier molecular flexibility index (Phi) is 8.02. The number of hydrogen-bond acceptors (Lipinski definition) is 7. The fraction of sp³-hybridized carbons (Fsp3) is 0.370. The summed E-state index contributed by atoms with van der Waals surface area (Å²) in [7, 11) is 0. The van der Waals surface area contributed by atoms with Crippen molar-refractivity contribution in [1.29, 1.82) is 0 Å². The van der Waals surface area contributed by atoms with Crippen molar-refractivity contribution in [3.05, 3.63) is 48.7 Å². The summed E-state index contributed by atoms with van der Waals surface area (Å²) in [6, 6.07) is 13.6. The number of carbonyl (C=O) groups is 2. The van der Waals surface area contributed by atoms with Gasteiger partial charge in [0.2, 0.25) is 5.91 Å². The molecular formula is C27H32N4O3S2. The number of thiazole rings is 1. The van der Waals surface area contributed by atoms with E-state index >= 15 is 0 Å². The fourth-order valence-electron chi connectivity index (χ4n) is 3.28. The van der Waals surface area contributed by atoms with Crippen molar-refractivity contribution in [2.45, 2.75) is 64.0 Å². The summed E-state index contributed by atoms with van der Waals surface area (Å²) in [5.41, 5.74) is 3.41. The van der Waals surface area contributed by atoms with Crippen molar-refractivity contribution in [2.24, 2.45) is 5.92 Å². The lowest BCUT2D eigenvalue weighted by Crippen LogP contribution is -2.29. The van der Waals surface area contributed by atoms with Crippen LogP contribution in [0.2, 0.25) is 0 Å². The van der Waals surface area contributed by atoms with Crippen LogP contribution < -0.4 is 15.4 Å². The van der Waals surface area contributed by atoms with E-state index in [0.717, 1.165) is 44.4 Å². The number of anilines is 2. The van der Waals surface area contributed by atoms with Crippen molar-refractivity contribution in [3.63, 3.8) is 0 Å². The SMILES string of the molecule is CC(C)OC(=O)Nc1ccc(-c2ncc(-c3ccc(NC(=O)C4CC4)cc3SNC(C)(C)C)s2)cc1. The average molecular weight is 525 g/mol. The zero-order valence-electron chi connectivity index (χ0n) is 21.2. The third kappa shape index (κ3) is 7.32. The third-order valence-electron chi connectivity index (χ3n) is 5.16. The number of nitrogens with zero attached hydrogens (tertiary/aromatic N) is 1. The molecule has 0 spiro atoms. The predicted molar refractivity (Wildman–Crippen MR) is 148 cm³/mol. The quantitative estimate of drug-likeness (QED) is 0.270. The highest BCUT2D eigenvalue weighted by atomic mass is 32.2. The van der Waals surface area contributed by atoms with Crippen molar-refractivity contribution in [2.75, 3.05) is 10.6 Å². The highest BCUT2D eigenvalue weighted by Crippen LogP contribution is 2.39. The van der Waals surface area contributed by atoms with Gasteiger partial charge in [0.1, 0.15) is 5.01 Å². The van der Waals surface area contributed by atoms with Crippen LogP contribution in [0.1, 0.15) is 47.5 Å². The molecule has 1 aromatic heterocycles. The van der Waals surface area contributed by atoms with Gasteiger partial charge in [0.05, 0.1) is 11.0 Å². The predicted octanol–water partition coefficient (Wildman–Crippen LogP) is 7.18. The van der Waals surface area contributed by atoms with Gasteiger partial charge in [-0.1, -0.05) is 6.07 Å². The number of rotatable bonds is 8. The molecule has 1 aliphatic rings. The summed E-state index contributed by atoms with van der Waals surface area (Å²) in [6.07, 6.45) is 3.17. The molecule has 2 aromatic carbocycles. The Bertz CT molecular complexity index is 1230. The van der Waals surface area contributed by atoms with Crippen molar-refractivity contribution >= 4 is 46.7 Å². The maximum absolute atomic E-state index is 12.3. The van der Waals surface area contributed by atoms with Crippen LogP contribution in [-0.2, 0) is 9.53 Å². The topological polar surface area (TPSA) is 92.3 Å². The third-order valence-corrected chi connectivity index (χ3v) is 7.51. The van der Waals surface area contributed by atoms with E-state index in [9.17, 15) is 9.59 Å². The van der Waals surface area contributed by atoms with Gasteiger partial charge < -0.3 is 10.1 Å². The second-order valence-corrected chi connectivity index (χ2v) is 12.0. The largest absolute Gasteiger partial charge is 0.447 e. The van der Waals surface area contributed by atoms with E-state index in [1.165, 1.54) is 0 Å². The van der Waals surface area contributed by atoms with E-state index in [1.807, 2.05) is 62.5 Å². The summed E-state index contributed by atoms with van der Waals surface area (Å²) in [6.45, 7) is 9.96. The standard InChI is InChI=1S/C27H32N4O3S2/c1-16(2)34-26(33)30-19-10-8-18(9-11-19)25-28-15-23(35-25)21-13-12-20(29-24(32)17-6-7-17)14-22(21)36-31-27(3,4)5/h8-17,31H,6-7H2,1-5H3,(H,29,32)(H,30,33). The Balaban J connectivity index is 1.53. The average Bonchev–Trinajstić information content (AvgIpc) is 3.55. The fourth-order valence-corrected chi connectivity index (χ4v) is 5.19. The van der Waals surface area contributed by atoms with Gasteiger partial charge in [-0.25, -0.2) is 9.78 Å². The van der Waals surface area contributed by atoms with Gasteiger partial charge in [0.25, 0.3) is 0 Å². The summed E-state index contributed by atoms with van der Waals surface area (Å²) in [5.74, 6) is 0.248. The minimum atomic E-state index is -0.472. The molecule has 1 aliphatic carbocycles. The van der Waals surface area contributed by atoms with Gasteiger partial charge in [-0.05, 0) is 95.8 Å². The maximum Gasteiger partial charge on any atom is 0.411 e. The lowest BCUT2D eigenvalue weighted by molar-refractivity contribution is -0.117. The minimum Gasteiger partial charge on any atom is -0.447 e. The van der Waals surface area contributed by atoms with Gasteiger partial charge in [-0.2, -0.15) is 0 Å². The zero-order valence-corrected chi connectivity index (χ0v) is 22.8. The zero-order chi connectivity index (χ0) is 25.9. The highest BCUT2D eigenvalue weighted by molar-refractivity contribution is 7.97. The van der Waals surface area contributed by atoms with Crippen LogP contribution in [0.3, 0.4) is 0 Å². The summed E-state index contributed by atoms with van der Waals surface area (Å²) >= 11 is 3.15. The molecule has 190 valence electrons. The Labute approximate surface area is 220 Å². The number of benzene rings is 2. The first-order chi connectivity index (χ1) is 17.1. The van der Waals surface area contributed by atoms with Gasteiger partial charge in [-0.15, -0.1) is 11.3 Å². The molecule has 0 radical (unpaired) electrons. The normalized spacial score (nSPS) is 13.5. The number of nitrogens with one attached hydrogen (secondary N) is 3. The molecule has 0 bridgehead atoms. The Morgan fingerprint density at radius 2 is 1.75 bits per heavy atom. The van der Waals surface area contributed by atoms with E-state index in [4.69, 9.17) is 4.74 Å². The van der Waals surface area contributed by atoms with E-state index in [0.29, 0.717) is 5.69 Å². The second kappa shape index (κ2) is 11.0. The number of aromatic nitrogens is 1. The molecule has 1 fully saturated rings. The molecule has 0 unspecified atom stereocenters. The van der Waals surface area contributed by atoms with Crippen LogP contribution in [0.4, 0.5) is 16.2 Å². The van der Waals surface area contributed by atoms with Crippen molar-refractivity contribution < 1.29 is 14.3 Å². The van der Waals surface area contributed by atoms with E-state index in [1.54, 1.807) is 23.3 Å².